The van der Waals surface area contributed by atoms with Crippen molar-refractivity contribution in [1.82, 2.24) is 10.2 Å². The molecule has 1 heterocycles. The number of nitrogens with one attached hydrogen (secondary N) is 1. The van der Waals surface area contributed by atoms with Crippen molar-refractivity contribution in [1.29, 1.82) is 0 Å². The predicted octanol–water partition coefficient (Wildman–Crippen LogP) is 5.84. The van der Waals surface area contributed by atoms with Gasteiger partial charge in [0, 0.05) is 5.56 Å². The number of carboxylic acids is 1. The zero-order chi connectivity index (χ0) is 21.3. The zero-order valence-electron chi connectivity index (χ0n) is 17.1. The van der Waals surface area contributed by atoms with Gasteiger partial charge in [-0.25, -0.2) is 0 Å². The van der Waals surface area contributed by atoms with Crippen molar-refractivity contribution in [3.8, 4) is 28.3 Å². The molecular formula is C24H25ClN2O3. The number of ether oxygens (including phenoxy) is 1. The van der Waals surface area contributed by atoms with Crippen LogP contribution in [0.25, 0.3) is 22.5 Å². The van der Waals surface area contributed by atoms with E-state index in [2.05, 4.69) is 34.5 Å². The molecule has 0 spiro atoms. The number of H-pyrrole nitrogens is 1. The molecule has 30 heavy (non-hydrogen) atoms. The number of hydrogen-bond donors (Lipinski definition) is 2. The summed E-state index contributed by atoms with van der Waals surface area (Å²) in [7, 11) is 0. The Labute approximate surface area is 181 Å². The molecule has 2 N–H and O–H groups in total. The second-order valence-corrected chi connectivity index (χ2v) is 8.66. The number of carbonyl (C=O) groups is 1. The number of halogens is 1. The van der Waals surface area contributed by atoms with Crippen LogP contribution < -0.4 is 4.74 Å². The molecule has 0 unspecified atom stereocenters. The van der Waals surface area contributed by atoms with Crippen LogP contribution in [0.5, 0.6) is 5.75 Å². The lowest BCUT2D eigenvalue weighted by molar-refractivity contribution is -0.146. The molecule has 1 fully saturated rings. The van der Waals surface area contributed by atoms with Crippen molar-refractivity contribution in [2.45, 2.75) is 39.2 Å². The smallest absolute Gasteiger partial charge is 0.306 e. The highest BCUT2D eigenvalue weighted by molar-refractivity contribution is 6.32. The Morgan fingerprint density at radius 3 is 2.50 bits per heavy atom. The van der Waals surface area contributed by atoms with Gasteiger partial charge in [0.05, 0.1) is 28.4 Å². The highest BCUT2D eigenvalue weighted by Gasteiger charge is 2.34. The monoisotopic (exact) mass is 424 g/mol. The van der Waals surface area contributed by atoms with E-state index >= 15 is 0 Å². The van der Waals surface area contributed by atoms with Crippen LogP contribution in [0.1, 0.15) is 32.3 Å². The van der Waals surface area contributed by atoms with E-state index in [-0.39, 0.29) is 12.0 Å². The highest BCUT2D eigenvalue weighted by Crippen LogP contribution is 2.36. The number of aromatic amines is 1. The molecule has 0 bridgehead atoms. The Morgan fingerprint density at radius 2 is 1.87 bits per heavy atom. The maximum Gasteiger partial charge on any atom is 0.306 e. The van der Waals surface area contributed by atoms with Gasteiger partial charge in [0.1, 0.15) is 5.75 Å². The maximum atomic E-state index is 10.9. The molecule has 0 saturated heterocycles. The van der Waals surface area contributed by atoms with E-state index in [0.717, 1.165) is 41.8 Å². The normalized spacial score (nSPS) is 18.3. The van der Waals surface area contributed by atoms with E-state index in [0.29, 0.717) is 16.7 Å². The second-order valence-electron chi connectivity index (χ2n) is 8.25. The van der Waals surface area contributed by atoms with Crippen molar-refractivity contribution < 1.29 is 14.6 Å². The summed E-state index contributed by atoms with van der Waals surface area (Å²) in [4.78, 5) is 10.9. The number of aliphatic carboxylic acids is 1. The van der Waals surface area contributed by atoms with E-state index in [4.69, 9.17) is 21.4 Å². The molecule has 0 amide bonds. The summed E-state index contributed by atoms with van der Waals surface area (Å²) in [5.74, 6) is 0.322. The average Bonchev–Trinajstić information content (AvgIpc) is 3.16. The van der Waals surface area contributed by atoms with Gasteiger partial charge in [-0.15, -0.1) is 0 Å². The van der Waals surface area contributed by atoms with E-state index in [1.165, 1.54) is 5.56 Å². The molecule has 0 aliphatic heterocycles. The van der Waals surface area contributed by atoms with E-state index in [1.54, 1.807) is 0 Å². The van der Waals surface area contributed by atoms with Crippen molar-refractivity contribution in [2.75, 3.05) is 0 Å². The molecule has 1 aliphatic rings. The molecule has 4 rings (SSSR count). The van der Waals surface area contributed by atoms with Gasteiger partial charge in [-0.3, -0.25) is 9.89 Å². The first kappa shape index (κ1) is 20.5. The van der Waals surface area contributed by atoms with Gasteiger partial charge >= 0.3 is 5.97 Å². The minimum Gasteiger partial charge on any atom is -0.489 e. The minimum atomic E-state index is -0.667. The van der Waals surface area contributed by atoms with Crippen molar-refractivity contribution >= 4 is 17.6 Å². The van der Waals surface area contributed by atoms with Crippen LogP contribution in [0.3, 0.4) is 0 Å². The zero-order valence-corrected chi connectivity index (χ0v) is 17.8. The molecule has 0 radical (unpaired) electrons. The van der Waals surface area contributed by atoms with Gasteiger partial charge in [0.15, 0.2) is 0 Å². The lowest BCUT2D eigenvalue weighted by atomic mass is 9.72. The third-order valence-corrected chi connectivity index (χ3v) is 5.84. The van der Waals surface area contributed by atoms with Crippen LogP contribution in [0.4, 0.5) is 0 Å². The quantitative estimate of drug-likeness (QED) is 0.499. The van der Waals surface area contributed by atoms with Crippen LogP contribution in [0.15, 0.2) is 48.5 Å². The van der Waals surface area contributed by atoms with Crippen LogP contribution in [-0.4, -0.2) is 27.4 Å². The molecule has 1 saturated carbocycles. The van der Waals surface area contributed by atoms with Crippen LogP contribution in [-0.2, 0) is 11.2 Å². The lowest BCUT2D eigenvalue weighted by Crippen LogP contribution is -2.31. The Hall–Kier alpha value is -2.79. The first-order valence-corrected chi connectivity index (χ1v) is 10.6. The minimum absolute atomic E-state index is 0.0659. The summed E-state index contributed by atoms with van der Waals surface area (Å²) in [6.45, 7) is 3.93. The molecular weight excluding hydrogens is 400 g/mol. The molecule has 3 aromatic rings. The van der Waals surface area contributed by atoms with Gasteiger partial charge in [0.2, 0.25) is 0 Å². The fourth-order valence-corrected chi connectivity index (χ4v) is 4.11. The lowest BCUT2D eigenvalue weighted by Gasteiger charge is -2.32. The summed E-state index contributed by atoms with van der Waals surface area (Å²) in [6, 6.07) is 16.1. The summed E-state index contributed by atoms with van der Waals surface area (Å²) in [6.07, 6.45) is 2.56. The van der Waals surface area contributed by atoms with Crippen LogP contribution in [0.2, 0.25) is 5.02 Å². The molecule has 6 heteroatoms. The average molecular weight is 425 g/mol. The van der Waals surface area contributed by atoms with Crippen molar-refractivity contribution in [2.24, 2.45) is 11.8 Å². The Morgan fingerprint density at radius 1 is 1.17 bits per heavy atom. The van der Waals surface area contributed by atoms with Crippen LogP contribution in [0, 0.1) is 11.8 Å². The number of rotatable bonds is 7. The first-order chi connectivity index (χ1) is 14.4. The first-order valence-electron chi connectivity index (χ1n) is 10.2. The highest BCUT2D eigenvalue weighted by atomic mass is 35.5. The fourth-order valence-electron chi connectivity index (χ4n) is 3.88. The van der Waals surface area contributed by atoms with Crippen molar-refractivity contribution in [3.63, 3.8) is 0 Å². The summed E-state index contributed by atoms with van der Waals surface area (Å²) >= 11 is 6.35. The third-order valence-electron chi connectivity index (χ3n) is 5.54. The largest absolute Gasteiger partial charge is 0.489 e. The van der Waals surface area contributed by atoms with Crippen molar-refractivity contribution in [3.05, 3.63) is 59.1 Å². The number of aromatic nitrogens is 2. The molecule has 0 atom stereocenters. The molecule has 156 valence electrons. The Kier molecular flexibility index (Phi) is 5.82. The van der Waals surface area contributed by atoms with E-state index in [9.17, 15) is 4.79 Å². The van der Waals surface area contributed by atoms with Gasteiger partial charge in [-0.2, -0.15) is 5.10 Å². The topological polar surface area (TPSA) is 75.2 Å². The van der Waals surface area contributed by atoms with Gasteiger partial charge in [0.25, 0.3) is 0 Å². The summed E-state index contributed by atoms with van der Waals surface area (Å²) in [5, 5.41) is 17.1. The third kappa shape index (κ3) is 4.51. The Balaban J connectivity index is 1.43. The predicted molar refractivity (Wildman–Crippen MR) is 118 cm³/mol. The maximum absolute atomic E-state index is 10.9. The van der Waals surface area contributed by atoms with Crippen LogP contribution >= 0.6 is 11.6 Å². The molecule has 5 nitrogen and oxygen atoms in total. The van der Waals surface area contributed by atoms with Gasteiger partial charge < -0.3 is 9.84 Å². The fraction of sp³-hybridized carbons (Fsp3) is 0.333. The summed E-state index contributed by atoms with van der Waals surface area (Å²) in [5.41, 5.74) is 4.97. The molecule has 1 aromatic heterocycles. The van der Waals surface area contributed by atoms with E-state index in [1.807, 2.05) is 38.1 Å². The summed E-state index contributed by atoms with van der Waals surface area (Å²) < 4.78 is 5.69. The SMILES string of the molecule is CC(C)Oc1ccc(-c2cc(-c3ccc(CC4CC(C(=O)O)C4)cc3)[nH]n2)cc1Cl. The number of nitrogens with zero attached hydrogens (tertiary/aromatic N) is 1. The van der Waals surface area contributed by atoms with E-state index < -0.39 is 5.97 Å². The second kappa shape index (κ2) is 8.52. The molecule has 1 aliphatic carbocycles. The molecule has 2 aromatic carbocycles. The Bertz CT molecular complexity index is 1040. The number of benzene rings is 2. The number of hydrogen-bond acceptors (Lipinski definition) is 3. The standard InChI is InChI=1S/C24H25ClN2O3/c1-14(2)30-23-8-7-18(12-20(23)25)22-13-21(26-27-22)17-5-3-15(4-6-17)9-16-10-19(11-16)24(28)29/h3-8,12-14,16,19H,9-11H2,1-2H3,(H,26,27)(H,28,29). The number of carboxylic acid groups (broad SMARTS) is 1. The van der Waals surface area contributed by atoms with Gasteiger partial charge in [-0.1, -0.05) is 35.9 Å². The van der Waals surface area contributed by atoms with Gasteiger partial charge in [-0.05, 0) is 74.4 Å².